The fraction of sp³-hybridized carbons (Fsp3) is 0.474. The summed E-state index contributed by atoms with van der Waals surface area (Å²) in [4.78, 5) is 26.4. The molecule has 2 aromatic rings. The number of amides is 2. The minimum atomic E-state index is -1.83. The Hall–Kier alpha value is -2.40. The van der Waals surface area contributed by atoms with Gasteiger partial charge in [0.25, 0.3) is 0 Å². The maximum atomic E-state index is 12.5. The number of rotatable bonds is 4. The number of benzene rings is 1. The normalized spacial score (nSPS) is 19.4. The Morgan fingerprint density at radius 2 is 1.86 bits per heavy atom. The van der Waals surface area contributed by atoms with Crippen molar-refractivity contribution in [2.75, 3.05) is 26.3 Å². The third kappa shape index (κ3) is 4.15. The van der Waals surface area contributed by atoms with E-state index in [1.165, 1.54) is 11.2 Å². The zero-order chi connectivity index (χ0) is 20.4. The number of para-hydroxylation sites is 1. The lowest BCUT2D eigenvalue weighted by Gasteiger charge is -2.37. The fourth-order valence-electron chi connectivity index (χ4n) is 3.87. The Balaban J connectivity index is 1.38. The molecule has 9 nitrogen and oxygen atoms in total. The van der Waals surface area contributed by atoms with Gasteiger partial charge in [-0.05, 0) is 18.1 Å². The van der Waals surface area contributed by atoms with Gasteiger partial charge in [-0.1, -0.05) is 18.2 Å². The molecule has 10 heteroatoms. The molecule has 0 aliphatic carbocycles. The number of carbonyl (C=O) groups is 2. The number of ether oxygens (including phenoxy) is 2. The molecule has 2 saturated heterocycles. The minimum absolute atomic E-state index is 0.110. The largest absolute Gasteiger partial charge is 0.475 e. The average Bonchev–Trinajstić information content (AvgIpc) is 3.35. The Bertz CT molecular complexity index is 884. The minimum Gasteiger partial charge on any atom is -0.464 e. The molecule has 3 N–H and O–H groups in total. The first kappa shape index (κ1) is 19.9. The second kappa shape index (κ2) is 8.15. The summed E-state index contributed by atoms with van der Waals surface area (Å²) >= 11 is 0. The average molecular weight is 402 g/mol. The molecule has 2 amide bonds. The summed E-state index contributed by atoms with van der Waals surface area (Å²) < 4.78 is 16.7. The summed E-state index contributed by atoms with van der Waals surface area (Å²) in [5, 5.41) is 22.7. The Kier molecular flexibility index (Phi) is 5.59. The van der Waals surface area contributed by atoms with E-state index < -0.39 is 30.7 Å². The third-order valence-corrected chi connectivity index (χ3v) is 5.50. The highest BCUT2D eigenvalue weighted by Crippen LogP contribution is 2.31. The standard InChI is InChI=1S/C19H23BN2O7/c23-17(18(24)22-7-5-19(6-8-22)28-9-10-29-19)21-16(20(25)26)11-13-12-27-15-4-2-1-3-14(13)15/h1-4,12,16,25-26H,5-11H2,(H,21,23). The van der Waals surface area contributed by atoms with Crippen molar-refractivity contribution in [3.05, 3.63) is 36.1 Å². The van der Waals surface area contributed by atoms with Gasteiger partial charge in [0, 0.05) is 31.3 Å². The van der Waals surface area contributed by atoms with Crippen LogP contribution in [0.15, 0.2) is 34.9 Å². The molecule has 2 aliphatic heterocycles. The van der Waals surface area contributed by atoms with Gasteiger partial charge in [-0.3, -0.25) is 9.59 Å². The van der Waals surface area contributed by atoms with Crippen LogP contribution in [0.2, 0.25) is 0 Å². The topological polar surface area (TPSA) is 121 Å². The van der Waals surface area contributed by atoms with Gasteiger partial charge in [0.05, 0.1) is 25.4 Å². The van der Waals surface area contributed by atoms with Crippen molar-refractivity contribution >= 4 is 29.9 Å². The number of hydrogen-bond donors (Lipinski definition) is 3. The van der Waals surface area contributed by atoms with Crippen molar-refractivity contribution in [1.29, 1.82) is 0 Å². The van der Waals surface area contributed by atoms with Gasteiger partial charge < -0.3 is 34.2 Å². The van der Waals surface area contributed by atoms with Crippen LogP contribution in [0.5, 0.6) is 0 Å². The van der Waals surface area contributed by atoms with E-state index >= 15 is 0 Å². The molecule has 3 heterocycles. The van der Waals surface area contributed by atoms with Crippen LogP contribution in [0, 0.1) is 0 Å². The van der Waals surface area contributed by atoms with Crippen LogP contribution in [0.3, 0.4) is 0 Å². The van der Waals surface area contributed by atoms with Crippen LogP contribution >= 0.6 is 0 Å². The second-order valence-corrected chi connectivity index (χ2v) is 7.35. The van der Waals surface area contributed by atoms with Crippen LogP contribution in [-0.2, 0) is 25.5 Å². The van der Waals surface area contributed by atoms with Crippen LogP contribution in [0.25, 0.3) is 11.0 Å². The number of nitrogens with one attached hydrogen (secondary N) is 1. The van der Waals surface area contributed by atoms with Crippen LogP contribution in [0.4, 0.5) is 0 Å². The summed E-state index contributed by atoms with van der Waals surface area (Å²) in [6.07, 6.45) is 2.62. The molecule has 1 unspecified atom stereocenters. The predicted molar refractivity (Wildman–Crippen MR) is 102 cm³/mol. The van der Waals surface area contributed by atoms with E-state index in [1.807, 2.05) is 18.2 Å². The first-order valence-electron chi connectivity index (χ1n) is 9.66. The van der Waals surface area contributed by atoms with Crippen molar-refractivity contribution in [1.82, 2.24) is 10.2 Å². The number of fused-ring (bicyclic) bond motifs is 1. The summed E-state index contributed by atoms with van der Waals surface area (Å²) in [5.74, 6) is -3.27. The molecular weight excluding hydrogens is 379 g/mol. The third-order valence-electron chi connectivity index (χ3n) is 5.50. The van der Waals surface area contributed by atoms with E-state index in [-0.39, 0.29) is 6.42 Å². The quantitative estimate of drug-likeness (QED) is 0.480. The highest BCUT2D eigenvalue weighted by molar-refractivity contribution is 6.45. The maximum Gasteiger partial charge on any atom is 0.475 e. The van der Waals surface area contributed by atoms with Crippen molar-refractivity contribution < 1.29 is 33.5 Å². The molecule has 1 atom stereocenters. The van der Waals surface area contributed by atoms with E-state index in [9.17, 15) is 19.6 Å². The Morgan fingerprint density at radius 3 is 2.55 bits per heavy atom. The van der Waals surface area contributed by atoms with Gasteiger partial charge in [0.1, 0.15) is 5.58 Å². The molecular formula is C19H23BN2O7. The Morgan fingerprint density at radius 1 is 1.17 bits per heavy atom. The first-order chi connectivity index (χ1) is 14.0. The van der Waals surface area contributed by atoms with E-state index in [4.69, 9.17) is 13.9 Å². The summed E-state index contributed by atoms with van der Waals surface area (Å²) in [5.41, 5.74) is 1.37. The van der Waals surface area contributed by atoms with Crippen molar-refractivity contribution in [3.63, 3.8) is 0 Å². The van der Waals surface area contributed by atoms with Crippen molar-refractivity contribution in [3.8, 4) is 0 Å². The molecule has 4 rings (SSSR count). The van der Waals surface area contributed by atoms with Gasteiger partial charge in [0.2, 0.25) is 0 Å². The lowest BCUT2D eigenvalue weighted by Crippen LogP contribution is -2.55. The van der Waals surface area contributed by atoms with Gasteiger partial charge in [0.15, 0.2) is 5.79 Å². The van der Waals surface area contributed by atoms with Crippen molar-refractivity contribution in [2.24, 2.45) is 0 Å². The van der Waals surface area contributed by atoms with E-state index in [0.717, 1.165) is 5.39 Å². The number of nitrogens with zero attached hydrogens (tertiary/aromatic N) is 1. The van der Waals surface area contributed by atoms with E-state index in [0.29, 0.717) is 50.3 Å². The monoisotopic (exact) mass is 402 g/mol. The molecule has 2 fully saturated rings. The molecule has 1 aromatic carbocycles. The smallest absolute Gasteiger partial charge is 0.464 e. The van der Waals surface area contributed by atoms with Crippen LogP contribution < -0.4 is 5.32 Å². The van der Waals surface area contributed by atoms with Gasteiger partial charge >= 0.3 is 18.9 Å². The first-order valence-corrected chi connectivity index (χ1v) is 9.66. The maximum absolute atomic E-state index is 12.5. The number of furan rings is 1. The Labute approximate surface area is 167 Å². The van der Waals surface area contributed by atoms with Crippen molar-refractivity contribution in [2.45, 2.75) is 31.0 Å². The molecule has 154 valence electrons. The molecule has 1 spiro atoms. The summed E-state index contributed by atoms with van der Waals surface area (Å²) in [7, 11) is -1.83. The lowest BCUT2D eigenvalue weighted by molar-refractivity contribution is -0.188. The molecule has 2 aliphatic rings. The highest BCUT2D eigenvalue weighted by atomic mass is 16.7. The number of carbonyl (C=O) groups excluding carboxylic acids is 2. The predicted octanol–water partition coefficient (Wildman–Crippen LogP) is -0.162. The zero-order valence-corrected chi connectivity index (χ0v) is 15.9. The fourth-order valence-corrected chi connectivity index (χ4v) is 3.87. The number of piperidine rings is 1. The molecule has 0 bridgehead atoms. The molecule has 1 aromatic heterocycles. The van der Waals surface area contributed by atoms with Gasteiger partial charge in [-0.2, -0.15) is 0 Å². The van der Waals surface area contributed by atoms with Gasteiger partial charge in [-0.15, -0.1) is 0 Å². The molecule has 0 saturated carbocycles. The van der Waals surface area contributed by atoms with Gasteiger partial charge in [-0.25, -0.2) is 0 Å². The molecule has 29 heavy (non-hydrogen) atoms. The summed E-state index contributed by atoms with van der Waals surface area (Å²) in [6, 6.07) is 7.32. The lowest BCUT2D eigenvalue weighted by atomic mass is 9.76. The van der Waals surface area contributed by atoms with Crippen LogP contribution in [0.1, 0.15) is 18.4 Å². The highest BCUT2D eigenvalue weighted by Gasteiger charge is 2.42. The summed E-state index contributed by atoms with van der Waals surface area (Å²) in [6.45, 7) is 1.75. The van der Waals surface area contributed by atoms with E-state index in [1.54, 1.807) is 6.07 Å². The van der Waals surface area contributed by atoms with E-state index in [2.05, 4.69) is 5.32 Å². The second-order valence-electron chi connectivity index (χ2n) is 7.35. The van der Waals surface area contributed by atoms with Crippen LogP contribution in [-0.4, -0.2) is 71.9 Å². The zero-order valence-electron chi connectivity index (χ0n) is 15.9. The number of likely N-dealkylation sites (tertiary alicyclic amines) is 1. The molecule has 0 radical (unpaired) electrons. The SMILES string of the molecule is O=C(NC(Cc1coc2ccccc12)B(O)O)C(=O)N1CCC2(CC1)OCCO2. The number of hydrogen-bond acceptors (Lipinski definition) is 7.